The van der Waals surface area contributed by atoms with Crippen LogP contribution in [-0.2, 0) is 9.59 Å². The monoisotopic (exact) mass is 200 g/mol. The van der Waals surface area contributed by atoms with Crippen molar-refractivity contribution >= 4 is 11.8 Å². The van der Waals surface area contributed by atoms with Crippen LogP contribution in [0.3, 0.4) is 0 Å². The Balaban J connectivity index is 3.82. The minimum Gasteiger partial charge on any atom is -0.344 e. The molecule has 0 aromatic rings. The molecular weight excluding hydrogens is 180 g/mol. The minimum absolute atomic E-state index is 0.113. The van der Waals surface area contributed by atoms with E-state index >= 15 is 0 Å². The lowest BCUT2D eigenvalue weighted by molar-refractivity contribution is -0.133. The van der Waals surface area contributed by atoms with Crippen LogP contribution in [0, 0.1) is 0 Å². The maximum absolute atomic E-state index is 11.2. The van der Waals surface area contributed by atoms with Crippen molar-refractivity contribution in [3.05, 3.63) is 0 Å². The van der Waals surface area contributed by atoms with Crippen LogP contribution >= 0.6 is 0 Å². The molecule has 0 aromatic carbocycles. The van der Waals surface area contributed by atoms with Gasteiger partial charge in [-0.25, -0.2) is 0 Å². The summed E-state index contributed by atoms with van der Waals surface area (Å²) in [6.07, 6.45) is 1.03. The topological polar surface area (TPSA) is 40.6 Å². The zero-order valence-corrected chi connectivity index (χ0v) is 9.54. The van der Waals surface area contributed by atoms with Crippen molar-refractivity contribution in [2.45, 2.75) is 26.7 Å². The summed E-state index contributed by atoms with van der Waals surface area (Å²) in [4.78, 5) is 25.7. The van der Waals surface area contributed by atoms with E-state index in [9.17, 15) is 9.59 Å². The molecule has 4 nitrogen and oxygen atoms in total. The summed E-state index contributed by atoms with van der Waals surface area (Å²) in [5, 5.41) is 0. The fourth-order valence-corrected chi connectivity index (χ4v) is 1.09. The quantitative estimate of drug-likeness (QED) is 0.656. The smallest absolute Gasteiger partial charge is 0.222 e. The Kier molecular flexibility index (Phi) is 5.92. The molecule has 0 aliphatic carbocycles. The van der Waals surface area contributed by atoms with Gasteiger partial charge in [-0.3, -0.25) is 9.59 Å². The first-order valence-electron chi connectivity index (χ1n) is 5.00. The van der Waals surface area contributed by atoms with Crippen molar-refractivity contribution in [1.82, 2.24) is 9.80 Å². The highest BCUT2D eigenvalue weighted by Crippen LogP contribution is 1.93. The van der Waals surface area contributed by atoms with Crippen molar-refractivity contribution in [2.75, 3.05) is 27.2 Å². The molecule has 0 aliphatic heterocycles. The van der Waals surface area contributed by atoms with Gasteiger partial charge in [0.15, 0.2) is 0 Å². The fraction of sp³-hybridized carbons (Fsp3) is 0.800. The molecule has 82 valence electrons. The number of likely N-dealkylation sites (N-methyl/N-ethyl adjacent to an activating group) is 2. The average Bonchev–Trinajstić information content (AvgIpc) is 2.22. The third-order valence-electron chi connectivity index (χ3n) is 2.23. The van der Waals surface area contributed by atoms with Gasteiger partial charge in [-0.15, -0.1) is 0 Å². The zero-order chi connectivity index (χ0) is 11.1. The highest BCUT2D eigenvalue weighted by Gasteiger charge is 2.09. The maximum Gasteiger partial charge on any atom is 0.222 e. The second-order valence-electron chi connectivity index (χ2n) is 3.34. The highest BCUT2D eigenvalue weighted by atomic mass is 16.2. The van der Waals surface area contributed by atoms with Gasteiger partial charge in [0.05, 0.1) is 0 Å². The number of amides is 2. The fourth-order valence-electron chi connectivity index (χ4n) is 1.09. The number of hydrogen-bond donors (Lipinski definition) is 0. The molecule has 0 atom stereocenters. The van der Waals surface area contributed by atoms with Crippen LogP contribution in [-0.4, -0.2) is 48.8 Å². The molecule has 0 spiro atoms. The second-order valence-corrected chi connectivity index (χ2v) is 3.34. The van der Waals surface area contributed by atoms with E-state index in [1.165, 1.54) is 0 Å². The van der Waals surface area contributed by atoms with Gasteiger partial charge in [0.2, 0.25) is 11.8 Å². The third kappa shape index (κ3) is 4.25. The van der Waals surface area contributed by atoms with E-state index in [0.717, 1.165) is 0 Å². The first kappa shape index (κ1) is 12.9. The second kappa shape index (κ2) is 6.40. The van der Waals surface area contributed by atoms with Crippen molar-refractivity contribution in [1.29, 1.82) is 0 Å². The van der Waals surface area contributed by atoms with Gasteiger partial charge in [0.25, 0.3) is 0 Å². The number of hydrogen-bond acceptors (Lipinski definition) is 2. The van der Waals surface area contributed by atoms with Crippen LogP contribution in [0.1, 0.15) is 26.7 Å². The van der Waals surface area contributed by atoms with E-state index in [4.69, 9.17) is 0 Å². The molecule has 4 heteroatoms. The molecule has 0 saturated carbocycles. The number of nitrogens with zero attached hydrogens (tertiary/aromatic N) is 2. The summed E-state index contributed by atoms with van der Waals surface area (Å²) < 4.78 is 0. The van der Waals surface area contributed by atoms with E-state index in [1.54, 1.807) is 23.9 Å². The predicted molar refractivity (Wildman–Crippen MR) is 55.9 cm³/mol. The Bertz CT molecular complexity index is 182. The summed E-state index contributed by atoms with van der Waals surface area (Å²) in [7, 11) is 3.52. The van der Waals surface area contributed by atoms with Gasteiger partial charge in [-0.1, -0.05) is 13.8 Å². The summed E-state index contributed by atoms with van der Waals surface area (Å²) in [6, 6.07) is 0. The maximum atomic E-state index is 11.2. The van der Waals surface area contributed by atoms with Crippen LogP contribution in [0.25, 0.3) is 0 Å². The molecular formula is C10H20N2O2. The molecule has 0 aliphatic rings. The number of carbonyl (C=O) groups is 2. The van der Waals surface area contributed by atoms with Gasteiger partial charge in [-0.2, -0.15) is 0 Å². The standard InChI is InChI=1S/C10H20N2O2/c1-5-9(13)11(3)7-8-12(4)10(14)6-2/h5-8H2,1-4H3. The van der Waals surface area contributed by atoms with Crippen LogP contribution < -0.4 is 0 Å². The third-order valence-corrected chi connectivity index (χ3v) is 2.23. The molecule has 0 radical (unpaired) electrons. The molecule has 0 N–H and O–H groups in total. The lowest BCUT2D eigenvalue weighted by atomic mass is 10.3. The van der Waals surface area contributed by atoms with E-state index in [1.807, 2.05) is 13.8 Å². The van der Waals surface area contributed by atoms with Crippen molar-refractivity contribution in [3.8, 4) is 0 Å². The summed E-state index contributed by atoms with van der Waals surface area (Å²) in [6.45, 7) is 4.88. The van der Waals surface area contributed by atoms with E-state index in [2.05, 4.69) is 0 Å². The van der Waals surface area contributed by atoms with E-state index < -0.39 is 0 Å². The minimum atomic E-state index is 0.113. The van der Waals surface area contributed by atoms with Crippen LogP contribution in [0.2, 0.25) is 0 Å². The molecule has 0 rings (SSSR count). The van der Waals surface area contributed by atoms with Crippen molar-refractivity contribution in [2.24, 2.45) is 0 Å². The van der Waals surface area contributed by atoms with Gasteiger partial charge in [-0.05, 0) is 0 Å². The lowest BCUT2D eigenvalue weighted by Gasteiger charge is -2.21. The largest absolute Gasteiger partial charge is 0.344 e. The summed E-state index contributed by atoms with van der Waals surface area (Å²) in [5.41, 5.74) is 0. The SMILES string of the molecule is CCC(=O)N(C)CCN(C)C(=O)CC. The predicted octanol–water partition coefficient (Wildman–Crippen LogP) is 0.723. The molecule has 0 aromatic heterocycles. The van der Waals surface area contributed by atoms with Gasteiger partial charge in [0.1, 0.15) is 0 Å². The first-order chi connectivity index (χ1) is 6.52. The Morgan fingerprint density at radius 3 is 1.36 bits per heavy atom. The highest BCUT2D eigenvalue weighted by molar-refractivity contribution is 5.76. The molecule has 14 heavy (non-hydrogen) atoms. The Morgan fingerprint density at radius 1 is 0.857 bits per heavy atom. The summed E-state index contributed by atoms with van der Waals surface area (Å²) >= 11 is 0. The Hall–Kier alpha value is -1.06. The molecule has 0 heterocycles. The van der Waals surface area contributed by atoms with Gasteiger partial charge >= 0.3 is 0 Å². The number of rotatable bonds is 5. The molecule has 0 fully saturated rings. The van der Waals surface area contributed by atoms with Crippen molar-refractivity contribution in [3.63, 3.8) is 0 Å². The molecule has 0 saturated heterocycles. The van der Waals surface area contributed by atoms with Crippen LogP contribution in [0.5, 0.6) is 0 Å². The molecule has 2 amide bonds. The Labute approximate surface area is 85.9 Å². The van der Waals surface area contributed by atoms with Crippen LogP contribution in [0.15, 0.2) is 0 Å². The van der Waals surface area contributed by atoms with Crippen LogP contribution in [0.4, 0.5) is 0 Å². The normalized spacial score (nSPS) is 9.71. The van der Waals surface area contributed by atoms with Gasteiger partial charge in [0, 0.05) is 40.0 Å². The molecule has 0 bridgehead atoms. The number of carbonyl (C=O) groups excluding carboxylic acids is 2. The lowest BCUT2D eigenvalue weighted by Crippen LogP contribution is -2.36. The molecule has 0 unspecified atom stereocenters. The zero-order valence-electron chi connectivity index (χ0n) is 9.54. The van der Waals surface area contributed by atoms with E-state index in [0.29, 0.717) is 25.9 Å². The average molecular weight is 200 g/mol. The van der Waals surface area contributed by atoms with Gasteiger partial charge < -0.3 is 9.80 Å². The first-order valence-corrected chi connectivity index (χ1v) is 5.00. The van der Waals surface area contributed by atoms with E-state index in [-0.39, 0.29) is 11.8 Å². The summed E-state index contributed by atoms with van der Waals surface area (Å²) in [5.74, 6) is 0.227. The van der Waals surface area contributed by atoms with Crippen molar-refractivity contribution < 1.29 is 9.59 Å². The Morgan fingerprint density at radius 2 is 1.14 bits per heavy atom.